The number of thioether (sulfide) groups is 1. The highest BCUT2D eigenvalue weighted by Crippen LogP contribution is 2.55. The minimum atomic E-state index is -0.291. The first-order valence-corrected chi connectivity index (χ1v) is 13.2. The van der Waals surface area contributed by atoms with E-state index < -0.39 is 0 Å². The molecule has 1 aromatic carbocycles. The van der Waals surface area contributed by atoms with Crippen molar-refractivity contribution in [3.05, 3.63) is 41.7 Å². The number of hydrogen-bond donors (Lipinski definition) is 2. The monoisotopic (exact) mass is 467 g/mol. The quantitative estimate of drug-likeness (QED) is 0.574. The molecule has 1 atom stereocenters. The summed E-state index contributed by atoms with van der Waals surface area (Å²) in [7, 11) is 0. The predicted molar refractivity (Wildman–Crippen MR) is 128 cm³/mol. The van der Waals surface area contributed by atoms with Crippen LogP contribution in [0.2, 0.25) is 0 Å². The first kappa shape index (κ1) is 22.4. The average Bonchev–Trinajstić information content (AvgIpc) is 3.20. The van der Waals surface area contributed by atoms with Crippen LogP contribution >= 0.6 is 11.8 Å². The van der Waals surface area contributed by atoms with Gasteiger partial charge in [-0.1, -0.05) is 30.0 Å². The molecule has 4 fully saturated rings. The summed E-state index contributed by atoms with van der Waals surface area (Å²) < 4.78 is 1.98. The zero-order chi connectivity index (χ0) is 23.0. The van der Waals surface area contributed by atoms with E-state index in [2.05, 4.69) is 20.8 Å². The molecule has 176 valence electrons. The molecule has 1 aromatic heterocycles. The van der Waals surface area contributed by atoms with Crippen molar-refractivity contribution in [2.75, 3.05) is 5.75 Å². The Morgan fingerprint density at radius 1 is 1.09 bits per heavy atom. The molecule has 2 N–H and O–H groups in total. The normalized spacial score (nSPS) is 28.5. The fourth-order valence-corrected chi connectivity index (χ4v) is 7.49. The Morgan fingerprint density at radius 2 is 1.73 bits per heavy atom. The molecule has 0 radical (unpaired) electrons. The van der Waals surface area contributed by atoms with Crippen LogP contribution in [-0.4, -0.2) is 37.9 Å². The smallest absolute Gasteiger partial charge is 0.251 e. The minimum absolute atomic E-state index is 0.0339. The van der Waals surface area contributed by atoms with Crippen LogP contribution in [0.15, 0.2) is 35.5 Å². The van der Waals surface area contributed by atoms with Gasteiger partial charge in [0.05, 0.1) is 11.8 Å². The van der Waals surface area contributed by atoms with E-state index in [1.807, 2.05) is 36.6 Å². The number of rotatable bonds is 8. The van der Waals surface area contributed by atoms with E-state index in [4.69, 9.17) is 0 Å². The van der Waals surface area contributed by atoms with Crippen LogP contribution in [0.3, 0.4) is 0 Å². The highest BCUT2D eigenvalue weighted by atomic mass is 32.2. The summed E-state index contributed by atoms with van der Waals surface area (Å²) in [4.78, 5) is 25.4. The van der Waals surface area contributed by atoms with Crippen molar-refractivity contribution in [1.82, 2.24) is 25.4 Å². The van der Waals surface area contributed by atoms with E-state index in [1.165, 1.54) is 31.0 Å². The summed E-state index contributed by atoms with van der Waals surface area (Å²) in [6.45, 7) is 4.61. The Balaban J connectivity index is 1.19. The number of hydrogen-bond acceptors (Lipinski definition) is 5. The molecule has 7 nitrogen and oxygen atoms in total. The Morgan fingerprint density at radius 3 is 2.33 bits per heavy atom. The molecule has 2 aromatic rings. The zero-order valence-electron chi connectivity index (χ0n) is 19.4. The summed E-state index contributed by atoms with van der Waals surface area (Å²) in [5, 5.41) is 15.8. The Hall–Kier alpha value is -2.35. The maximum atomic E-state index is 12.9. The highest BCUT2D eigenvalue weighted by molar-refractivity contribution is 7.99. The van der Waals surface area contributed by atoms with E-state index in [0.29, 0.717) is 28.8 Å². The molecule has 1 heterocycles. The van der Waals surface area contributed by atoms with E-state index in [1.54, 1.807) is 12.1 Å². The predicted octanol–water partition coefficient (Wildman–Crippen LogP) is 3.97. The average molecular weight is 468 g/mol. The van der Waals surface area contributed by atoms with Gasteiger partial charge >= 0.3 is 0 Å². The molecule has 4 saturated carbocycles. The molecule has 4 aliphatic carbocycles. The molecule has 33 heavy (non-hydrogen) atoms. The molecule has 4 bridgehead atoms. The summed E-state index contributed by atoms with van der Waals surface area (Å²) >= 11 is 1.43. The second kappa shape index (κ2) is 9.12. The SMILES string of the molecule is CCn1c(SCC(=O)NC23CC4CC(CC(C4)C2)C3)nnc1[C@H](C)NC(=O)c1ccccc1. The molecule has 2 amide bonds. The van der Waals surface area contributed by atoms with Crippen LogP contribution in [0.25, 0.3) is 0 Å². The number of amides is 2. The van der Waals surface area contributed by atoms with E-state index in [-0.39, 0.29) is 23.4 Å². The molecule has 8 heteroatoms. The van der Waals surface area contributed by atoms with Crippen molar-refractivity contribution in [2.24, 2.45) is 17.8 Å². The molecule has 6 rings (SSSR count). The van der Waals surface area contributed by atoms with Gasteiger partial charge in [0.15, 0.2) is 11.0 Å². The molecule has 0 aliphatic heterocycles. The van der Waals surface area contributed by atoms with E-state index in [0.717, 1.165) is 37.0 Å². The van der Waals surface area contributed by atoms with Crippen molar-refractivity contribution >= 4 is 23.6 Å². The Bertz CT molecular complexity index is 986. The maximum Gasteiger partial charge on any atom is 0.251 e. The van der Waals surface area contributed by atoms with Crippen LogP contribution in [-0.2, 0) is 11.3 Å². The maximum absolute atomic E-state index is 12.9. The van der Waals surface area contributed by atoms with Gasteiger partial charge in [0.25, 0.3) is 5.91 Å². The number of benzene rings is 1. The second-order valence-corrected chi connectivity index (χ2v) is 11.1. The van der Waals surface area contributed by atoms with Gasteiger partial charge in [-0.25, -0.2) is 0 Å². The van der Waals surface area contributed by atoms with Gasteiger partial charge in [0.1, 0.15) is 0 Å². The molecule has 0 unspecified atom stereocenters. The molecule has 4 aliphatic rings. The van der Waals surface area contributed by atoms with Gasteiger partial charge in [0, 0.05) is 17.6 Å². The number of nitrogens with zero attached hydrogens (tertiary/aromatic N) is 3. The first-order chi connectivity index (χ1) is 15.9. The Kier molecular flexibility index (Phi) is 6.20. The lowest BCUT2D eigenvalue weighted by molar-refractivity contribution is -0.124. The van der Waals surface area contributed by atoms with Crippen LogP contribution in [0.1, 0.15) is 74.6 Å². The fraction of sp³-hybridized carbons (Fsp3) is 0.600. The molecular weight excluding hydrogens is 434 g/mol. The number of nitrogens with one attached hydrogen (secondary N) is 2. The largest absolute Gasteiger partial charge is 0.350 e. The zero-order valence-corrected chi connectivity index (χ0v) is 20.2. The summed E-state index contributed by atoms with van der Waals surface area (Å²) in [6, 6.07) is 8.86. The molecular formula is C25H33N5O2S. The van der Waals surface area contributed by atoms with Crippen LogP contribution in [0.5, 0.6) is 0 Å². The van der Waals surface area contributed by atoms with Gasteiger partial charge in [0.2, 0.25) is 5.91 Å². The number of carbonyl (C=O) groups excluding carboxylic acids is 2. The van der Waals surface area contributed by atoms with Crippen molar-refractivity contribution in [3.63, 3.8) is 0 Å². The first-order valence-electron chi connectivity index (χ1n) is 12.2. The van der Waals surface area contributed by atoms with E-state index in [9.17, 15) is 9.59 Å². The molecule has 0 spiro atoms. The van der Waals surface area contributed by atoms with Gasteiger partial charge in [-0.05, 0) is 82.3 Å². The Labute approximate surface area is 199 Å². The van der Waals surface area contributed by atoms with Crippen molar-refractivity contribution < 1.29 is 9.59 Å². The lowest BCUT2D eigenvalue weighted by Crippen LogP contribution is -2.60. The third-order valence-corrected chi connectivity index (χ3v) is 8.57. The third-order valence-electron chi connectivity index (χ3n) is 7.61. The van der Waals surface area contributed by atoms with Gasteiger partial charge in [-0.2, -0.15) is 0 Å². The van der Waals surface area contributed by atoms with Gasteiger partial charge in [-0.3, -0.25) is 9.59 Å². The minimum Gasteiger partial charge on any atom is -0.350 e. The standard InChI is InChI=1S/C25H33N5O2S/c1-3-30-22(16(2)26-23(32)20-7-5-4-6-8-20)28-29-24(30)33-15-21(31)27-25-12-17-9-18(13-25)11-19(10-17)14-25/h4-8,16-19H,3,9-15H2,1-2H3,(H,26,32)(H,27,31)/t16-,17?,18?,19?,25?/m0/s1. The third kappa shape index (κ3) is 4.67. The van der Waals surface area contributed by atoms with Crippen LogP contribution in [0, 0.1) is 17.8 Å². The van der Waals surface area contributed by atoms with Crippen molar-refractivity contribution in [2.45, 2.75) is 75.7 Å². The van der Waals surface area contributed by atoms with Crippen LogP contribution < -0.4 is 10.6 Å². The second-order valence-electron chi connectivity index (χ2n) is 10.2. The summed E-state index contributed by atoms with van der Waals surface area (Å²) in [5.74, 6) is 3.42. The van der Waals surface area contributed by atoms with Crippen LogP contribution in [0.4, 0.5) is 0 Å². The number of carbonyl (C=O) groups is 2. The van der Waals surface area contributed by atoms with E-state index >= 15 is 0 Å². The summed E-state index contributed by atoms with van der Waals surface area (Å²) in [5.41, 5.74) is 0.648. The van der Waals surface area contributed by atoms with Crippen molar-refractivity contribution in [3.8, 4) is 0 Å². The van der Waals surface area contributed by atoms with Crippen molar-refractivity contribution in [1.29, 1.82) is 0 Å². The van der Waals surface area contributed by atoms with Gasteiger partial charge < -0.3 is 15.2 Å². The number of aromatic nitrogens is 3. The lowest BCUT2D eigenvalue weighted by Gasteiger charge is -2.56. The van der Waals surface area contributed by atoms with Gasteiger partial charge in [-0.15, -0.1) is 10.2 Å². The fourth-order valence-electron chi connectivity index (χ4n) is 6.68. The molecule has 0 saturated heterocycles. The highest BCUT2D eigenvalue weighted by Gasteiger charge is 2.51. The summed E-state index contributed by atoms with van der Waals surface area (Å²) in [6.07, 6.45) is 7.57. The lowest BCUT2D eigenvalue weighted by atomic mass is 9.53. The topological polar surface area (TPSA) is 88.9 Å².